The number of aryl methyl sites for hydroxylation is 1. The molecule has 0 spiro atoms. The van der Waals surface area contributed by atoms with E-state index in [0.29, 0.717) is 15.9 Å². The van der Waals surface area contributed by atoms with Gasteiger partial charge in [-0.05, 0) is 22.6 Å². The number of halogens is 1. The van der Waals surface area contributed by atoms with Gasteiger partial charge in [0.15, 0.2) is 5.82 Å². The molecular formula is C8H9IN6O. The summed E-state index contributed by atoms with van der Waals surface area (Å²) in [4.78, 5) is 17.8. The number of hydrogen-bond donors (Lipinski definition) is 2. The van der Waals surface area contributed by atoms with Crippen LogP contribution >= 0.6 is 22.6 Å². The molecule has 0 fully saturated rings. The minimum absolute atomic E-state index is 0.156. The van der Waals surface area contributed by atoms with Crippen molar-refractivity contribution in [2.24, 2.45) is 7.05 Å². The first kappa shape index (κ1) is 11.0. The monoisotopic (exact) mass is 332 g/mol. The van der Waals surface area contributed by atoms with E-state index in [1.54, 1.807) is 10.9 Å². The average Bonchev–Trinajstić information content (AvgIpc) is 2.67. The number of anilines is 1. The molecule has 8 heteroatoms. The van der Waals surface area contributed by atoms with Gasteiger partial charge in [-0.3, -0.25) is 4.79 Å². The standard InChI is InChI=1S/C8H9IN6O/c1-15-4-13-14-5(15)2-10-7-6(9)8(16)12-3-11-7/h3-4H,2H2,1H3,(H2,10,11,12,16). The van der Waals surface area contributed by atoms with Crippen LogP contribution in [-0.2, 0) is 13.6 Å². The quantitative estimate of drug-likeness (QED) is 0.780. The molecule has 0 aromatic carbocycles. The van der Waals surface area contributed by atoms with Crippen LogP contribution in [0, 0.1) is 3.57 Å². The molecule has 84 valence electrons. The first-order valence-electron chi connectivity index (χ1n) is 4.48. The lowest BCUT2D eigenvalue weighted by molar-refractivity contribution is 0.809. The number of aromatic nitrogens is 5. The summed E-state index contributed by atoms with van der Waals surface area (Å²) in [5.41, 5.74) is -0.156. The van der Waals surface area contributed by atoms with Crippen molar-refractivity contribution >= 4 is 28.4 Å². The number of hydrogen-bond acceptors (Lipinski definition) is 5. The van der Waals surface area contributed by atoms with Crippen LogP contribution in [0.15, 0.2) is 17.4 Å². The minimum atomic E-state index is -0.156. The van der Waals surface area contributed by atoms with E-state index in [9.17, 15) is 4.79 Å². The van der Waals surface area contributed by atoms with E-state index < -0.39 is 0 Å². The molecule has 16 heavy (non-hydrogen) atoms. The number of aromatic amines is 1. The number of nitrogens with zero attached hydrogens (tertiary/aromatic N) is 4. The van der Waals surface area contributed by atoms with Gasteiger partial charge in [-0.25, -0.2) is 4.98 Å². The number of nitrogens with one attached hydrogen (secondary N) is 2. The molecule has 0 atom stereocenters. The molecule has 2 aromatic heterocycles. The highest BCUT2D eigenvalue weighted by atomic mass is 127. The molecule has 0 saturated heterocycles. The lowest BCUT2D eigenvalue weighted by Crippen LogP contribution is -2.15. The summed E-state index contributed by atoms with van der Waals surface area (Å²) in [6.07, 6.45) is 2.98. The molecule has 2 N–H and O–H groups in total. The van der Waals surface area contributed by atoms with E-state index in [0.717, 1.165) is 5.82 Å². The highest BCUT2D eigenvalue weighted by Gasteiger charge is 2.06. The maximum atomic E-state index is 11.3. The molecule has 0 aliphatic carbocycles. The van der Waals surface area contributed by atoms with Crippen LogP contribution in [-0.4, -0.2) is 24.7 Å². The van der Waals surface area contributed by atoms with Gasteiger partial charge in [-0.15, -0.1) is 10.2 Å². The second-order valence-electron chi connectivity index (χ2n) is 3.11. The molecule has 2 rings (SSSR count). The third-order valence-electron chi connectivity index (χ3n) is 2.02. The fourth-order valence-electron chi connectivity index (χ4n) is 1.14. The summed E-state index contributed by atoms with van der Waals surface area (Å²) in [5.74, 6) is 1.32. The Morgan fingerprint density at radius 2 is 2.44 bits per heavy atom. The Balaban J connectivity index is 2.14. The normalized spacial score (nSPS) is 10.4. The van der Waals surface area contributed by atoms with Crippen molar-refractivity contribution in [3.8, 4) is 0 Å². The van der Waals surface area contributed by atoms with Crippen molar-refractivity contribution in [3.05, 3.63) is 32.4 Å². The van der Waals surface area contributed by atoms with Crippen molar-refractivity contribution in [1.82, 2.24) is 24.7 Å². The van der Waals surface area contributed by atoms with E-state index in [2.05, 4.69) is 25.5 Å². The Hall–Kier alpha value is -1.45. The number of H-pyrrole nitrogens is 1. The van der Waals surface area contributed by atoms with Gasteiger partial charge in [0.25, 0.3) is 5.56 Å². The van der Waals surface area contributed by atoms with Gasteiger partial charge in [0.05, 0.1) is 12.9 Å². The summed E-state index contributed by atoms with van der Waals surface area (Å²) in [6.45, 7) is 0.475. The van der Waals surface area contributed by atoms with Crippen LogP contribution in [0.2, 0.25) is 0 Å². The SMILES string of the molecule is Cn1cnnc1CNc1nc[nH]c(=O)c1I. The first-order chi connectivity index (χ1) is 7.68. The summed E-state index contributed by atoms with van der Waals surface area (Å²) >= 11 is 1.94. The molecule has 2 aromatic rings. The third kappa shape index (κ3) is 2.21. The van der Waals surface area contributed by atoms with Crippen LogP contribution in [0.3, 0.4) is 0 Å². The predicted octanol–water partition coefficient (Wildman–Crippen LogP) is 0.115. The second-order valence-corrected chi connectivity index (χ2v) is 4.18. The van der Waals surface area contributed by atoms with Gasteiger partial charge in [0.1, 0.15) is 15.7 Å². The second kappa shape index (κ2) is 4.60. The molecule has 7 nitrogen and oxygen atoms in total. The van der Waals surface area contributed by atoms with Crippen molar-refractivity contribution in [2.75, 3.05) is 5.32 Å². The zero-order valence-electron chi connectivity index (χ0n) is 8.44. The average molecular weight is 332 g/mol. The van der Waals surface area contributed by atoms with Crippen LogP contribution in [0.4, 0.5) is 5.82 Å². The number of rotatable bonds is 3. The smallest absolute Gasteiger partial charge is 0.266 e. The van der Waals surface area contributed by atoms with E-state index >= 15 is 0 Å². The summed E-state index contributed by atoms with van der Waals surface area (Å²) in [7, 11) is 1.85. The molecule has 0 aliphatic heterocycles. The van der Waals surface area contributed by atoms with E-state index in [1.807, 2.05) is 29.6 Å². The molecule has 0 radical (unpaired) electrons. The van der Waals surface area contributed by atoms with Gasteiger partial charge < -0.3 is 14.9 Å². The fraction of sp³-hybridized carbons (Fsp3) is 0.250. The van der Waals surface area contributed by atoms with Crippen molar-refractivity contribution in [2.45, 2.75) is 6.54 Å². The molecule has 0 amide bonds. The van der Waals surface area contributed by atoms with Crippen molar-refractivity contribution in [1.29, 1.82) is 0 Å². The van der Waals surface area contributed by atoms with E-state index in [-0.39, 0.29) is 5.56 Å². The van der Waals surface area contributed by atoms with Crippen LogP contribution in [0.1, 0.15) is 5.82 Å². The van der Waals surface area contributed by atoms with Crippen LogP contribution in [0.5, 0.6) is 0 Å². The molecule has 2 heterocycles. The molecule has 0 saturated carbocycles. The third-order valence-corrected chi connectivity index (χ3v) is 3.02. The molecule has 0 unspecified atom stereocenters. The van der Waals surface area contributed by atoms with Crippen molar-refractivity contribution < 1.29 is 0 Å². The van der Waals surface area contributed by atoms with Gasteiger partial charge in [0.2, 0.25) is 0 Å². The fourth-order valence-corrected chi connectivity index (χ4v) is 1.62. The van der Waals surface area contributed by atoms with Gasteiger partial charge in [0, 0.05) is 7.05 Å². The predicted molar refractivity (Wildman–Crippen MR) is 65.9 cm³/mol. The largest absolute Gasteiger partial charge is 0.362 e. The zero-order valence-corrected chi connectivity index (χ0v) is 10.6. The Morgan fingerprint density at radius 3 is 3.12 bits per heavy atom. The molecule has 0 bridgehead atoms. The van der Waals surface area contributed by atoms with Gasteiger partial charge in [-0.2, -0.15) is 0 Å². The van der Waals surface area contributed by atoms with E-state index in [4.69, 9.17) is 0 Å². The molecular weight excluding hydrogens is 323 g/mol. The Morgan fingerprint density at radius 1 is 1.62 bits per heavy atom. The zero-order chi connectivity index (χ0) is 11.5. The lowest BCUT2D eigenvalue weighted by Gasteiger charge is -2.05. The Bertz CT molecular complexity index is 547. The Kier molecular flexibility index (Phi) is 3.17. The van der Waals surface area contributed by atoms with Gasteiger partial charge >= 0.3 is 0 Å². The maximum Gasteiger partial charge on any atom is 0.266 e. The minimum Gasteiger partial charge on any atom is -0.362 e. The topological polar surface area (TPSA) is 88.5 Å². The maximum absolute atomic E-state index is 11.3. The van der Waals surface area contributed by atoms with Crippen LogP contribution in [0.25, 0.3) is 0 Å². The summed E-state index contributed by atoms with van der Waals surface area (Å²) < 4.78 is 2.33. The van der Waals surface area contributed by atoms with Crippen LogP contribution < -0.4 is 10.9 Å². The highest BCUT2D eigenvalue weighted by Crippen LogP contribution is 2.09. The molecule has 0 aliphatic rings. The van der Waals surface area contributed by atoms with E-state index in [1.165, 1.54) is 6.33 Å². The lowest BCUT2D eigenvalue weighted by atomic mass is 10.5. The van der Waals surface area contributed by atoms with Gasteiger partial charge in [-0.1, -0.05) is 0 Å². The summed E-state index contributed by atoms with van der Waals surface area (Å²) in [5, 5.41) is 10.7. The summed E-state index contributed by atoms with van der Waals surface area (Å²) in [6, 6.07) is 0. The first-order valence-corrected chi connectivity index (χ1v) is 5.56. The Labute approximate surface area is 104 Å². The van der Waals surface area contributed by atoms with Crippen molar-refractivity contribution in [3.63, 3.8) is 0 Å². The highest BCUT2D eigenvalue weighted by molar-refractivity contribution is 14.1.